The van der Waals surface area contributed by atoms with Crippen LogP contribution in [-0.2, 0) is 13.1 Å². The molecule has 108 valence electrons. The predicted molar refractivity (Wildman–Crippen MR) is 77.8 cm³/mol. The number of imidazole rings is 1. The first-order valence-corrected chi connectivity index (χ1v) is 7.07. The molecule has 0 atom stereocenters. The second-order valence-corrected chi connectivity index (χ2v) is 5.58. The standard InChI is InChI=1S/C13H12N4O3S/c1-8-9-11(21-10(8)13(19)20)15-7-17(12(9)18)5-4-16-3-2-14-6-16/h2-3,6-7H,4-5H2,1H3,(H,19,20). The quantitative estimate of drug-likeness (QED) is 0.786. The molecule has 8 heteroatoms. The number of rotatable bonds is 4. The molecule has 0 aromatic carbocycles. The minimum Gasteiger partial charge on any atom is -0.477 e. The van der Waals surface area contributed by atoms with E-state index in [1.165, 1.54) is 10.9 Å². The molecule has 3 heterocycles. The summed E-state index contributed by atoms with van der Waals surface area (Å²) in [6, 6.07) is 0. The molecule has 3 aromatic rings. The largest absolute Gasteiger partial charge is 0.477 e. The van der Waals surface area contributed by atoms with E-state index in [0.29, 0.717) is 28.9 Å². The maximum Gasteiger partial charge on any atom is 0.346 e. The predicted octanol–water partition coefficient (Wildman–Crippen LogP) is 1.36. The molecular weight excluding hydrogens is 292 g/mol. The van der Waals surface area contributed by atoms with Crippen molar-refractivity contribution in [1.82, 2.24) is 19.1 Å². The van der Waals surface area contributed by atoms with E-state index in [-0.39, 0.29) is 10.4 Å². The molecule has 0 aliphatic carbocycles. The van der Waals surface area contributed by atoms with Gasteiger partial charge in [0.2, 0.25) is 0 Å². The third-order valence-corrected chi connectivity index (χ3v) is 4.46. The van der Waals surface area contributed by atoms with Crippen molar-refractivity contribution in [3.8, 4) is 0 Å². The first kappa shape index (κ1) is 13.5. The lowest BCUT2D eigenvalue weighted by atomic mass is 10.2. The van der Waals surface area contributed by atoms with E-state index in [9.17, 15) is 9.59 Å². The Balaban J connectivity index is 2.01. The van der Waals surface area contributed by atoms with E-state index in [4.69, 9.17) is 5.11 Å². The van der Waals surface area contributed by atoms with E-state index >= 15 is 0 Å². The molecule has 0 aliphatic rings. The molecule has 0 spiro atoms. The van der Waals surface area contributed by atoms with E-state index < -0.39 is 5.97 Å². The van der Waals surface area contributed by atoms with Gasteiger partial charge in [0, 0.05) is 25.5 Å². The van der Waals surface area contributed by atoms with Crippen LogP contribution in [0.5, 0.6) is 0 Å². The van der Waals surface area contributed by atoms with E-state index in [1.54, 1.807) is 19.4 Å². The lowest BCUT2D eigenvalue weighted by Gasteiger charge is -2.06. The fraction of sp³-hybridized carbons (Fsp3) is 0.231. The molecule has 0 bridgehead atoms. The summed E-state index contributed by atoms with van der Waals surface area (Å²) >= 11 is 1.03. The maximum atomic E-state index is 12.5. The number of carboxylic acids is 1. The SMILES string of the molecule is Cc1c(C(=O)O)sc2ncn(CCn3ccnc3)c(=O)c12. The van der Waals surface area contributed by atoms with E-state index in [1.807, 2.05) is 10.8 Å². The van der Waals surface area contributed by atoms with E-state index in [0.717, 1.165) is 11.3 Å². The maximum absolute atomic E-state index is 12.5. The molecular formula is C13H12N4O3S. The number of aryl methyl sites for hydroxylation is 3. The Morgan fingerprint density at radius 3 is 2.86 bits per heavy atom. The number of hydrogen-bond donors (Lipinski definition) is 1. The topological polar surface area (TPSA) is 90.0 Å². The summed E-state index contributed by atoms with van der Waals surface area (Å²) in [5, 5.41) is 9.51. The molecule has 0 aliphatic heterocycles. The van der Waals surface area contributed by atoms with Gasteiger partial charge in [-0.2, -0.15) is 0 Å². The van der Waals surface area contributed by atoms with Crippen molar-refractivity contribution in [2.75, 3.05) is 0 Å². The summed E-state index contributed by atoms with van der Waals surface area (Å²) < 4.78 is 3.35. The lowest BCUT2D eigenvalue weighted by Crippen LogP contribution is -2.22. The molecule has 1 N–H and O–H groups in total. The van der Waals surface area contributed by atoms with Crippen LogP contribution in [-0.4, -0.2) is 30.2 Å². The van der Waals surface area contributed by atoms with Crippen LogP contribution in [0.2, 0.25) is 0 Å². The Morgan fingerprint density at radius 2 is 2.19 bits per heavy atom. The summed E-state index contributed by atoms with van der Waals surface area (Å²) in [5.41, 5.74) is 0.276. The van der Waals surface area contributed by atoms with Gasteiger partial charge in [-0.15, -0.1) is 11.3 Å². The number of aromatic carboxylic acids is 1. The summed E-state index contributed by atoms with van der Waals surface area (Å²) in [5.74, 6) is -1.03. The van der Waals surface area contributed by atoms with Gasteiger partial charge in [-0.1, -0.05) is 0 Å². The Bertz CT molecular complexity index is 864. The van der Waals surface area contributed by atoms with Gasteiger partial charge in [0.1, 0.15) is 9.71 Å². The van der Waals surface area contributed by atoms with E-state index in [2.05, 4.69) is 9.97 Å². The van der Waals surface area contributed by atoms with Crippen molar-refractivity contribution in [1.29, 1.82) is 0 Å². The molecule has 0 saturated heterocycles. The molecule has 21 heavy (non-hydrogen) atoms. The summed E-state index contributed by atoms with van der Waals surface area (Å²) in [6.07, 6.45) is 6.63. The third-order valence-electron chi connectivity index (χ3n) is 3.27. The fourth-order valence-corrected chi connectivity index (χ4v) is 3.14. The van der Waals surface area contributed by atoms with Gasteiger partial charge >= 0.3 is 5.97 Å². The summed E-state index contributed by atoms with van der Waals surface area (Å²) in [6.45, 7) is 2.70. The van der Waals surface area contributed by atoms with Crippen LogP contribution in [0.1, 0.15) is 15.2 Å². The van der Waals surface area contributed by atoms with Crippen LogP contribution in [0.25, 0.3) is 10.2 Å². The molecule has 7 nitrogen and oxygen atoms in total. The smallest absolute Gasteiger partial charge is 0.346 e. The average Bonchev–Trinajstić information content (AvgIpc) is 3.06. The number of carbonyl (C=O) groups is 1. The zero-order chi connectivity index (χ0) is 15.0. The normalized spacial score (nSPS) is 11.1. The van der Waals surface area contributed by atoms with Crippen molar-refractivity contribution < 1.29 is 9.90 Å². The molecule has 3 rings (SSSR count). The minimum absolute atomic E-state index is 0.168. The zero-order valence-electron chi connectivity index (χ0n) is 11.2. The van der Waals surface area contributed by atoms with Crippen molar-refractivity contribution >= 4 is 27.5 Å². The Labute approximate surface area is 123 Å². The average molecular weight is 304 g/mol. The Kier molecular flexibility index (Phi) is 3.30. The highest BCUT2D eigenvalue weighted by Crippen LogP contribution is 2.26. The van der Waals surface area contributed by atoms with Crippen LogP contribution < -0.4 is 5.56 Å². The highest BCUT2D eigenvalue weighted by atomic mass is 32.1. The lowest BCUT2D eigenvalue weighted by molar-refractivity contribution is 0.0701. The van der Waals surface area contributed by atoms with Gasteiger partial charge in [-0.25, -0.2) is 14.8 Å². The number of fused-ring (bicyclic) bond motifs is 1. The van der Waals surface area contributed by atoms with Crippen LogP contribution >= 0.6 is 11.3 Å². The van der Waals surface area contributed by atoms with Crippen molar-refractivity contribution in [2.24, 2.45) is 0 Å². The Morgan fingerprint density at radius 1 is 1.38 bits per heavy atom. The van der Waals surface area contributed by atoms with Gasteiger partial charge in [0.15, 0.2) is 0 Å². The molecule has 3 aromatic heterocycles. The summed E-state index contributed by atoms with van der Waals surface area (Å²) in [4.78, 5) is 32.4. The number of carboxylic acid groups (broad SMARTS) is 1. The fourth-order valence-electron chi connectivity index (χ4n) is 2.16. The molecule has 0 unspecified atom stereocenters. The van der Waals surface area contributed by atoms with Crippen LogP contribution in [0.15, 0.2) is 29.8 Å². The first-order valence-electron chi connectivity index (χ1n) is 6.25. The highest BCUT2D eigenvalue weighted by molar-refractivity contribution is 7.20. The highest BCUT2D eigenvalue weighted by Gasteiger charge is 2.18. The number of nitrogens with zero attached hydrogens (tertiary/aromatic N) is 4. The van der Waals surface area contributed by atoms with Crippen LogP contribution in [0.3, 0.4) is 0 Å². The molecule has 0 radical (unpaired) electrons. The van der Waals surface area contributed by atoms with Gasteiger partial charge in [0.25, 0.3) is 5.56 Å². The third kappa shape index (κ3) is 2.33. The second kappa shape index (κ2) is 5.13. The Hall–Kier alpha value is -2.48. The van der Waals surface area contributed by atoms with Gasteiger partial charge < -0.3 is 9.67 Å². The van der Waals surface area contributed by atoms with Gasteiger partial charge in [-0.05, 0) is 12.5 Å². The number of thiophene rings is 1. The minimum atomic E-state index is -1.03. The summed E-state index contributed by atoms with van der Waals surface area (Å²) in [7, 11) is 0. The van der Waals surface area contributed by atoms with Crippen molar-refractivity contribution in [3.63, 3.8) is 0 Å². The van der Waals surface area contributed by atoms with Crippen LogP contribution in [0, 0.1) is 6.92 Å². The number of hydrogen-bond acceptors (Lipinski definition) is 5. The zero-order valence-corrected chi connectivity index (χ0v) is 12.0. The first-order chi connectivity index (χ1) is 10.1. The number of aromatic nitrogens is 4. The monoisotopic (exact) mass is 304 g/mol. The molecule has 0 amide bonds. The van der Waals surface area contributed by atoms with Crippen LogP contribution in [0.4, 0.5) is 0 Å². The van der Waals surface area contributed by atoms with Crippen molar-refractivity contribution in [3.05, 3.63) is 45.8 Å². The van der Waals surface area contributed by atoms with Gasteiger partial charge in [0.05, 0.1) is 18.0 Å². The molecule has 0 saturated carbocycles. The second-order valence-electron chi connectivity index (χ2n) is 4.59. The molecule has 0 fully saturated rings. The van der Waals surface area contributed by atoms with Crippen molar-refractivity contribution in [2.45, 2.75) is 20.0 Å². The van der Waals surface area contributed by atoms with Gasteiger partial charge in [-0.3, -0.25) is 9.36 Å².